The van der Waals surface area contributed by atoms with Gasteiger partial charge in [-0.3, -0.25) is 24.7 Å². The lowest BCUT2D eigenvalue weighted by atomic mass is 10.1. The molecule has 2 aromatic carbocycles. The number of benzene rings is 2. The number of carbonyl (C=O) groups excluding carboxylic acids is 3. The van der Waals surface area contributed by atoms with Gasteiger partial charge in [0, 0.05) is 26.1 Å². The number of carbonyl (C=O) groups is 4. The van der Waals surface area contributed by atoms with E-state index in [1.165, 1.54) is 4.90 Å². The Morgan fingerprint density at radius 1 is 0.977 bits per heavy atom. The van der Waals surface area contributed by atoms with E-state index in [-0.39, 0.29) is 29.5 Å². The number of thiophene rings is 1. The predicted octanol–water partition coefficient (Wildman–Crippen LogP) is 5.74. The van der Waals surface area contributed by atoms with Gasteiger partial charge in [-0.15, -0.1) is 11.3 Å². The van der Waals surface area contributed by atoms with Crippen LogP contribution in [-0.2, 0) is 17.6 Å². The molecular formula is C29H26ClF3N4O5S. The van der Waals surface area contributed by atoms with Crippen LogP contribution >= 0.6 is 22.9 Å². The zero-order chi connectivity index (χ0) is 31.3. The Labute approximate surface area is 253 Å². The summed E-state index contributed by atoms with van der Waals surface area (Å²) in [7, 11) is 0. The van der Waals surface area contributed by atoms with Gasteiger partial charge < -0.3 is 15.3 Å². The third kappa shape index (κ3) is 7.79. The molecule has 0 saturated carbocycles. The average Bonchev–Trinajstić information content (AvgIpc) is 3.70. The van der Waals surface area contributed by atoms with Crippen LogP contribution in [-0.4, -0.2) is 70.2 Å². The number of carboxylic acid groups (broad SMARTS) is 1. The number of nitrogens with zero attached hydrogens (tertiary/aromatic N) is 2. The van der Waals surface area contributed by atoms with Gasteiger partial charge in [0.05, 0.1) is 26.0 Å². The molecule has 43 heavy (non-hydrogen) atoms. The van der Waals surface area contributed by atoms with Crippen molar-refractivity contribution in [2.24, 2.45) is 0 Å². The van der Waals surface area contributed by atoms with Gasteiger partial charge in [0.15, 0.2) is 0 Å². The van der Waals surface area contributed by atoms with Gasteiger partial charge >= 0.3 is 12.1 Å². The third-order valence-electron chi connectivity index (χ3n) is 6.79. The van der Waals surface area contributed by atoms with E-state index in [0.717, 1.165) is 48.4 Å². The lowest BCUT2D eigenvalue weighted by molar-refractivity contribution is -0.192. The van der Waals surface area contributed by atoms with E-state index in [4.69, 9.17) is 26.9 Å². The highest BCUT2D eigenvalue weighted by Gasteiger charge is 2.38. The second-order valence-corrected chi connectivity index (χ2v) is 11.5. The van der Waals surface area contributed by atoms with Gasteiger partial charge in [0.2, 0.25) is 0 Å². The Balaban J connectivity index is 0.000000541. The number of carboxylic acids is 1. The molecule has 0 aliphatic carbocycles. The maximum atomic E-state index is 13.2. The molecule has 3 N–H and O–H groups in total. The number of hydrogen-bond donors (Lipinski definition) is 3. The van der Waals surface area contributed by atoms with Crippen LogP contribution in [0.2, 0.25) is 4.34 Å². The molecule has 3 heterocycles. The van der Waals surface area contributed by atoms with Crippen molar-refractivity contribution in [1.82, 2.24) is 9.80 Å². The van der Waals surface area contributed by atoms with Gasteiger partial charge in [0.1, 0.15) is 5.84 Å². The topological polar surface area (TPSA) is 131 Å². The summed E-state index contributed by atoms with van der Waals surface area (Å²) in [5.74, 6) is -3.26. The monoisotopic (exact) mass is 634 g/mol. The molecule has 226 valence electrons. The van der Waals surface area contributed by atoms with Gasteiger partial charge in [-0.1, -0.05) is 41.9 Å². The summed E-state index contributed by atoms with van der Waals surface area (Å²) in [6.45, 7) is 2.17. The van der Waals surface area contributed by atoms with E-state index in [1.54, 1.807) is 30.3 Å². The van der Waals surface area contributed by atoms with Crippen molar-refractivity contribution in [3.05, 3.63) is 86.1 Å². The van der Waals surface area contributed by atoms with E-state index in [9.17, 15) is 27.6 Å². The molecule has 0 unspecified atom stereocenters. The molecule has 5 rings (SSSR count). The number of nitrogens with one attached hydrogen (secondary N) is 2. The molecule has 1 fully saturated rings. The maximum absolute atomic E-state index is 13.2. The highest BCUT2D eigenvalue weighted by atomic mass is 35.5. The van der Waals surface area contributed by atoms with E-state index >= 15 is 0 Å². The molecule has 1 aromatic heterocycles. The van der Waals surface area contributed by atoms with Crippen LogP contribution in [0.15, 0.2) is 54.6 Å². The van der Waals surface area contributed by atoms with Crippen LogP contribution in [0.5, 0.6) is 0 Å². The molecule has 0 radical (unpaired) electrons. The van der Waals surface area contributed by atoms with Crippen LogP contribution in [0, 0.1) is 5.41 Å². The molecule has 3 aromatic rings. The lowest BCUT2D eigenvalue weighted by Gasteiger charge is -2.18. The summed E-state index contributed by atoms with van der Waals surface area (Å²) in [4.78, 5) is 51.4. The first-order valence-electron chi connectivity index (χ1n) is 13.1. The van der Waals surface area contributed by atoms with Crippen molar-refractivity contribution < 1.29 is 37.5 Å². The average molecular weight is 635 g/mol. The number of amidine groups is 1. The second-order valence-electron chi connectivity index (χ2n) is 9.73. The fourth-order valence-electron chi connectivity index (χ4n) is 4.62. The van der Waals surface area contributed by atoms with Crippen molar-refractivity contribution in [2.45, 2.75) is 31.9 Å². The molecule has 9 nitrogen and oxygen atoms in total. The first kappa shape index (κ1) is 31.7. The fraction of sp³-hybridized carbons (Fsp3) is 0.276. The van der Waals surface area contributed by atoms with E-state index in [0.29, 0.717) is 33.6 Å². The van der Waals surface area contributed by atoms with Gasteiger partial charge in [-0.05, 0) is 54.7 Å². The Hall–Kier alpha value is -4.23. The van der Waals surface area contributed by atoms with Gasteiger partial charge in [-0.25, -0.2) is 4.79 Å². The highest BCUT2D eigenvalue weighted by molar-refractivity contribution is 7.18. The lowest BCUT2D eigenvalue weighted by Crippen LogP contribution is -2.32. The number of imide groups is 1. The minimum atomic E-state index is -5.08. The summed E-state index contributed by atoms with van der Waals surface area (Å²) in [5.41, 5.74) is 2.90. The number of alkyl halides is 3. The molecule has 0 spiro atoms. The molecule has 2 aliphatic heterocycles. The van der Waals surface area contributed by atoms with E-state index in [2.05, 4.69) is 10.2 Å². The van der Waals surface area contributed by atoms with Crippen molar-refractivity contribution >= 4 is 58.2 Å². The van der Waals surface area contributed by atoms with Crippen molar-refractivity contribution in [3.8, 4) is 0 Å². The van der Waals surface area contributed by atoms with Crippen LogP contribution < -0.4 is 5.32 Å². The number of amides is 3. The molecule has 14 heteroatoms. The van der Waals surface area contributed by atoms with Crippen LogP contribution in [0.1, 0.15) is 54.4 Å². The molecule has 3 amide bonds. The number of aliphatic carboxylic acids is 1. The molecule has 0 bridgehead atoms. The van der Waals surface area contributed by atoms with Crippen molar-refractivity contribution in [3.63, 3.8) is 0 Å². The highest BCUT2D eigenvalue weighted by Crippen LogP contribution is 2.31. The summed E-state index contributed by atoms with van der Waals surface area (Å²) in [6.07, 6.45) is -1.66. The minimum absolute atomic E-state index is 0.217. The second kappa shape index (κ2) is 13.4. The number of anilines is 1. The zero-order valence-electron chi connectivity index (χ0n) is 22.5. The number of rotatable bonds is 7. The first-order valence-corrected chi connectivity index (χ1v) is 14.3. The van der Waals surface area contributed by atoms with Crippen LogP contribution in [0.4, 0.5) is 18.9 Å². The molecular weight excluding hydrogens is 609 g/mol. The maximum Gasteiger partial charge on any atom is 0.490 e. The summed E-state index contributed by atoms with van der Waals surface area (Å²) >= 11 is 7.07. The summed E-state index contributed by atoms with van der Waals surface area (Å²) in [6, 6.07) is 16.1. The summed E-state index contributed by atoms with van der Waals surface area (Å²) in [5, 5.41) is 18.2. The first-order chi connectivity index (χ1) is 20.3. The Morgan fingerprint density at radius 2 is 1.60 bits per heavy atom. The van der Waals surface area contributed by atoms with Crippen molar-refractivity contribution in [2.75, 3.05) is 25.0 Å². The smallest absolute Gasteiger partial charge is 0.475 e. The largest absolute Gasteiger partial charge is 0.490 e. The Kier molecular flexibility index (Phi) is 9.87. The zero-order valence-corrected chi connectivity index (χ0v) is 24.1. The fourth-order valence-corrected chi connectivity index (χ4v) is 5.56. The quantitative estimate of drug-likeness (QED) is 0.173. The molecule has 2 aliphatic rings. The SMILES string of the molecule is N=C(Cc1ccc(CCN2C(=O)c3cccc(NC(=O)c4ccc(Cl)s4)c3C2=O)cc1)N1CCCC1.O=C(O)C(F)(F)F. The number of likely N-dealkylation sites (tertiary alicyclic amines) is 1. The number of hydrogen-bond acceptors (Lipinski definition) is 6. The van der Waals surface area contributed by atoms with Crippen molar-refractivity contribution in [1.29, 1.82) is 5.41 Å². The Bertz CT molecular complexity index is 1550. The Morgan fingerprint density at radius 3 is 2.19 bits per heavy atom. The van der Waals surface area contributed by atoms with Gasteiger partial charge in [-0.2, -0.15) is 13.2 Å². The van der Waals surface area contributed by atoms with Gasteiger partial charge in [0.25, 0.3) is 17.7 Å². The number of fused-ring (bicyclic) bond motifs is 1. The third-order valence-corrected chi connectivity index (χ3v) is 8.02. The molecule has 0 atom stereocenters. The normalized spacial score (nSPS) is 14.3. The standard InChI is InChI=1S/C27H25ClN4O3S.C2HF3O2/c28-22-11-10-21(36-22)25(33)30-20-5-3-4-19-24(20)27(35)32(26(19)34)15-12-17-6-8-18(9-7-17)16-23(29)31-13-1-2-14-31;3-2(4,5)1(6)7/h3-11,29H,1-2,12-16H2,(H,30,33);(H,6,7). The molecule has 1 saturated heterocycles. The number of halogens is 4. The predicted molar refractivity (Wildman–Crippen MR) is 155 cm³/mol. The van der Waals surface area contributed by atoms with E-state index < -0.39 is 18.1 Å². The van der Waals surface area contributed by atoms with Crippen LogP contribution in [0.3, 0.4) is 0 Å². The van der Waals surface area contributed by atoms with Crippen LogP contribution in [0.25, 0.3) is 0 Å². The summed E-state index contributed by atoms with van der Waals surface area (Å²) < 4.78 is 32.2. The minimum Gasteiger partial charge on any atom is -0.475 e. The van der Waals surface area contributed by atoms with E-state index in [1.807, 2.05) is 24.3 Å².